The van der Waals surface area contributed by atoms with Gasteiger partial charge in [-0.1, -0.05) is 18.2 Å². The van der Waals surface area contributed by atoms with E-state index in [1.54, 1.807) is 7.05 Å². The molecule has 2 rings (SSSR count). The fourth-order valence-electron chi connectivity index (χ4n) is 2.60. The number of nitrogens with zero attached hydrogens (tertiary/aromatic N) is 2. The molecule has 0 atom stereocenters. The first-order valence-corrected chi connectivity index (χ1v) is 9.57. The summed E-state index contributed by atoms with van der Waals surface area (Å²) in [5.74, 6) is 0.698. The summed E-state index contributed by atoms with van der Waals surface area (Å²) in [6.45, 7) is 0.914. The molecule has 4 nitrogen and oxygen atoms in total. The number of alkyl halides is 3. The van der Waals surface area contributed by atoms with Gasteiger partial charge in [0.1, 0.15) is 0 Å². The van der Waals surface area contributed by atoms with Gasteiger partial charge >= 0.3 is 6.18 Å². The van der Waals surface area contributed by atoms with Gasteiger partial charge in [0.05, 0.1) is 6.54 Å². The first-order chi connectivity index (χ1) is 12.3. The molecule has 0 aliphatic heterocycles. The van der Waals surface area contributed by atoms with Gasteiger partial charge < -0.3 is 10.6 Å². The third kappa shape index (κ3) is 7.86. The highest BCUT2D eigenvalue weighted by Crippen LogP contribution is 2.51. The Kier molecular flexibility index (Phi) is 7.64. The number of aliphatic imine (C=N–C) groups is 1. The average molecular weight is 389 g/mol. The molecule has 146 valence electrons. The first-order valence-electron chi connectivity index (χ1n) is 8.76. The molecule has 0 unspecified atom stereocenters. The smallest absolute Gasteiger partial charge is 0.356 e. The van der Waals surface area contributed by atoms with Crippen LogP contribution >= 0.6 is 11.8 Å². The van der Waals surface area contributed by atoms with Gasteiger partial charge in [0.15, 0.2) is 5.96 Å². The molecule has 0 heterocycles. The van der Waals surface area contributed by atoms with Crippen LogP contribution in [0.2, 0.25) is 0 Å². The summed E-state index contributed by atoms with van der Waals surface area (Å²) in [5, 5.41) is 6.52. The van der Waals surface area contributed by atoms with Gasteiger partial charge in [-0.2, -0.15) is 13.2 Å². The van der Waals surface area contributed by atoms with Crippen LogP contribution in [-0.4, -0.2) is 62.1 Å². The van der Waals surface area contributed by atoms with Crippen molar-refractivity contribution in [3.63, 3.8) is 0 Å². The van der Waals surface area contributed by atoms with Crippen LogP contribution in [0.1, 0.15) is 19.3 Å². The number of thioether (sulfide) groups is 1. The SMILES string of the molecule is CN=C(NCCCN(C)CC(F)(F)F)NCC1(Sc2ccccc2)CC1. The molecule has 8 heteroatoms. The summed E-state index contributed by atoms with van der Waals surface area (Å²) < 4.78 is 37.1. The fourth-order valence-corrected chi connectivity index (χ4v) is 3.84. The number of halogens is 3. The molecule has 2 N–H and O–H groups in total. The summed E-state index contributed by atoms with van der Waals surface area (Å²) >= 11 is 1.89. The van der Waals surface area contributed by atoms with Gasteiger partial charge in [-0.25, -0.2) is 0 Å². The van der Waals surface area contributed by atoms with E-state index in [-0.39, 0.29) is 4.75 Å². The molecule has 1 aromatic rings. The van der Waals surface area contributed by atoms with E-state index in [4.69, 9.17) is 0 Å². The Morgan fingerprint density at radius 2 is 1.92 bits per heavy atom. The van der Waals surface area contributed by atoms with E-state index in [0.29, 0.717) is 25.5 Å². The monoisotopic (exact) mass is 388 g/mol. The maximum absolute atomic E-state index is 12.3. The fraction of sp³-hybridized carbons (Fsp3) is 0.611. The molecule has 1 fully saturated rings. The molecule has 26 heavy (non-hydrogen) atoms. The summed E-state index contributed by atoms with van der Waals surface area (Å²) in [7, 11) is 3.19. The Morgan fingerprint density at radius 3 is 2.50 bits per heavy atom. The maximum Gasteiger partial charge on any atom is 0.401 e. The number of benzene rings is 1. The second-order valence-corrected chi connectivity index (χ2v) is 8.20. The maximum atomic E-state index is 12.3. The number of hydrogen-bond acceptors (Lipinski definition) is 3. The van der Waals surface area contributed by atoms with Crippen molar-refractivity contribution < 1.29 is 13.2 Å². The highest BCUT2D eigenvalue weighted by atomic mass is 32.2. The van der Waals surface area contributed by atoms with E-state index >= 15 is 0 Å². The number of rotatable bonds is 9. The van der Waals surface area contributed by atoms with Crippen molar-refractivity contribution in [2.24, 2.45) is 4.99 Å². The van der Waals surface area contributed by atoms with Crippen molar-refractivity contribution in [2.75, 3.05) is 40.3 Å². The Morgan fingerprint density at radius 1 is 1.23 bits per heavy atom. The lowest BCUT2D eigenvalue weighted by Gasteiger charge is -2.20. The van der Waals surface area contributed by atoms with Crippen molar-refractivity contribution in [2.45, 2.75) is 35.1 Å². The normalized spacial score (nSPS) is 16.6. The van der Waals surface area contributed by atoms with Gasteiger partial charge in [0.2, 0.25) is 0 Å². The number of hydrogen-bond donors (Lipinski definition) is 2. The van der Waals surface area contributed by atoms with Crippen molar-refractivity contribution in [3.8, 4) is 0 Å². The van der Waals surface area contributed by atoms with E-state index in [1.165, 1.54) is 29.7 Å². The van der Waals surface area contributed by atoms with E-state index in [1.807, 2.05) is 30.0 Å². The van der Waals surface area contributed by atoms with Crippen LogP contribution < -0.4 is 10.6 Å². The van der Waals surface area contributed by atoms with Crippen LogP contribution in [0, 0.1) is 0 Å². The molecule has 1 aromatic carbocycles. The van der Waals surface area contributed by atoms with Crippen molar-refractivity contribution in [1.29, 1.82) is 0 Å². The number of nitrogens with one attached hydrogen (secondary N) is 2. The molecule has 0 aromatic heterocycles. The zero-order chi connectivity index (χ0) is 19.0. The summed E-state index contributed by atoms with van der Waals surface area (Å²) in [6.07, 6.45) is -1.19. The third-order valence-corrected chi connectivity index (χ3v) is 5.64. The van der Waals surface area contributed by atoms with Gasteiger partial charge in [0, 0.05) is 29.8 Å². The van der Waals surface area contributed by atoms with Crippen LogP contribution in [0.4, 0.5) is 13.2 Å². The molecule has 0 saturated heterocycles. The van der Waals surface area contributed by atoms with Gasteiger partial charge in [-0.3, -0.25) is 9.89 Å². The predicted molar refractivity (Wildman–Crippen MR) is 102 cm³/mol. The highest BCUT2D eigenvalue weighted by molar-refractivity contribution is 8.01. The van der Waals surface area contributed by atoms with Crippen LogP contribution in [0.15, 0.2) is 40.2 Å². The highest BCUT2D eigenvalue weighted by Gasteiger charge is 2.43. The second-order valence-electron chi connectivity index (χ2n) is 6.66. The topological polar surface area (TPSA) is 39.7 Å². The Hall–Kier alpha value is -1.41. The lowest BCUT2D eigenvalue weighted by molar-refractivity contribution is -0.143. The molecule has 1 aliphatic rings. The van der Waals surface area contributed by atoms with Crippen LogP contribution in [0.25, 0.3) is 0 Å². The quantitative estimate of drug-likeness (QED) is 0.387. The van der Waals surface area contributed by atoms with Crippen molar-refractivity contribution >= 4 is 17.7 Å². The molecule has 0 spiro atoms. The second kappa shape index (κ2) is 9.50. The molecule has 0 radical (unpaired) electrons. The van der Waals surface area contributed by atoms with Gasteiger partial charge in [-0.15, -0.1) is 11.8 Å². The largest absolute Gasteiger partial charge is 0.401 e. The van der Waals surface area contributed by atoms with Crippen LogP contribution in [-0.2, 0) is 0 Å². The van der Waals surface area contributed by atoms with Crippen LogP contribution in [0.5, 0.6) is 0 Å². The molecule has 1 aliphatic carbocycles. The minimum absolute atomic E-state index is 0.214. The van der Waals surface area contributed by atoms with E-state index in [2.05, 4.69) is 27.8 Å². The summed E-state index contributed by atoms with van der Waals surface area (Å²) in [6, 6.07) is 10.3. The van der Waals surface area contributed by atoms with Crippen LogP contribution in [0.3, 0.4) is 0 Å². The van der Waals surface area contributed by atoms with Gasteiger partial charge in [0.25, 0.3) is 0 Å². The third-order valence-electron chi connectivity index (χ3n) is 4.15. The van der Waals surface area contributed by atoms with Gasteiger partial charge in [-0.05, 0) is 45.0 Å². The molecule has 0 amide bonds. The average Bonchev–Trinajstić information content (AvgIpc) is 3.33. The lowest BCUT2D eigenvalue weighted by Crippen LogP contribution is -2.42. The minimum Gasteiger partial charge on any atom is -0.356 e. The van der Waals surface area contributed by atoms with E-state index in [0.717, 1.165) is 6.54 Å². The zero-order valence-electron chi connectivity index (χ0n) is 15.3. The summed E-state index contributed by atoms with van der Waals surface area (Å²) in [4.78, 5) is 6.75. The van der Waals surface area contributed by atoms with Crippen molar-refractivity contribution in [1.82, 2.24) is 15.5 Å². The van der Waals surface area contributed by atoms with E-state index < -0.39 is 12.7 Å². The molecular formula is C18H27F3N4S. The molecule has 0 bridgehead atoms. The Bertz CT molecular complexity index is 574. The Labute approximate surface area is 157 Å². The molecule has 1 saturated carbocycles. The molecular weight excluding hydrogens is 361 g/mol. The summed E-state index contributed by atoms with van der Waals surface area (Å²) in [5.41, 5.74) is 0. The number of guanidine groups is 1. The predicted octanol–water partition coefficient (Wildman–Crippen LogP) is 3.36. The van der Waals surface area contributed by atoms with Crippen molar-refractivity contribution in [3.05, 3.63) is 30.3 Å². The zero-order valence-corrected chi connectivity index (χ0v) is 16.1. The standard InChI is InChI=1S/C18H27F3N4S/c1-22-16(23-11-6-12-25(2)14-18(19,20)21)24-13-17(9-10-17)26-15-7-4-3-5-8-15/h3-5,7-8H,6,9-14H2,1-2H3,(H2,22,23,24). The van der Waals surface area contributed by atoms with E-state index in [9.17, 15) is 13.2 Å². The minimum atomic E-state index is -4.14. The Balaban J connectivity index is 1.65. The first kappa shape index (κ1) is 20.9. The lowest BCUT2D eigenvalue weighted by atomic mass is 10.3.